The minimum Gasteiger partial charge on any atom is -0.507 e. The molecule has 2 heterocycles. The zero-order chi connectivity index (χ0) is 7.14. The minimum absolute atomic E-state index is 0.0266. The van der Waals surface area contributed by atoms with Crippen LogP contribution in [0.4, 0.5) is 0 Å². The first-order valence-electron chi connectivity index (χ1n) is 3.13. The van der Waals surface area contributed by atoms with Gasteiger partial charge in [-0.2, -0.15) is 0 Å². The van der Waals surface area contributed by atoms with Gasteiger partial charge >= 0.3 is 0 Å². The van der Waals surface area contributed by atoms with E-state index in [1.54, 1.807) is 0 Å². The molecular formula is C6H8O4. The molecule has 0 aromatic heterocycles. The van der Waals surface area contributed by atoms with Gasteiger partial charge in [0.2, 0.25) is 6.29 Å². The lowest BCUT2D eigenvalue weighted by Crippen LogP contribution is -2.31. The van der Waals surface area contributed by atoms with Gasteiger partial charge in [-0.15, -0.1) is 0 Å². The normalized spacial score (nSPS) is 45.3. The van der Waals surface area contributed by atoms with Crippen molar-refractivity contribution in [2.45, 2.75) is 18.5 Å². The zero-order valence-electron chi connectivity index (χ0n) is 5.23. The Morgan fingerprint density at radius 2 is 2.40 bits per heavy atom. The van der Waals surface area contributed by atoms with E-state index in [4.69, 9.17) is 19.7 Å². The van der Waals surface area contributed by atoms with E-state index in [1.165, 1.54) is 6.08 Å². The van der Waals surface area contributed by atoms with Crippen LogP contribution in [0.25, 0.3) is 0 Å². The van der Waals surface area contributed by atoms with Crippen LogP contribution in [0.1, 0.15) is 0 Å². The molecule has 1 fully saturated rings. The number of fused-ring (bicyclic) bond motifs is 2. The van der Waals surface area contributed by atoms with Gasteiger partial charge in [-0.3, -0.25) is 0 Å². The van der Waals surface area contributed by atoms with Gasteiger partial charge in [-0.25, -0.2) is 0 Å². The molecule has 0 aliphatic carbocycles. The molecule has 3 atom stereocenters. The van der Waals surface area contributed by atoms with E-state index in [1.807, 2.05) is 0 Å². The molecule has 2 rings (SSSR count). The summed E-state index contributed by atoms with van der Waals surface area (Å²) in [6.07, 6.45) is -0.292. The van der Waals surface area contributed by atoms with E-state index >= 15 is 0 Å². The standard InChI is InChI=1S/C6H8O4/c7-3-1-4(8)6-9-2-5(3)10-6/h1,3,5-8H,2H2/t3-,5+,6+/m0/s1. The minimum atomic E-state index is -0.723. The highest BCUT2D eigenvalue weighted by molar-refractivity contribution is 5.08. The summed E-state index contributed by atoms with van der Waals surface area (Å²) in [7, 11) is 0. The van der Waals surface area contributed by atoms with Crippen molar-refractivity contribution in [1.29, 1.82) is 0 Å². The molecule has 2 bridgehead atoms. The maximum Gasteiger partial charge on any atom is 0.216 e. The fourth-order valence-electron chi connectivity index (χ4n) is 1.11. The Kier molecular flexibility index (Phi) is 1.20. The molecule has 4 nitrogen and oxygen atoms in total. The van der Waals surface area contributed by atoms with Gasteiger partial charge < -0.3 is 19.7 Å². The Labute approximate surface area is 57.7 Å². The summed E-state index contributed by atoms with van der Waals surface area (Å²) in [5.74, 6) is -0.0266. The summed E-state index contributed by atoms with van der Waals surface area (Å²) >= 11 is 0. The Morgan fingerprint density at radius 3 is 3.20 bits per heavy atom. The quantitative estimate of drug-likeness (QED) is 0.483. The van der Waals surface area contributed by atoms with Gasteiger partial charge in [-0.1, -0.05) is 0 Å². The van der Waals surface area contributed by atoms with Gasteiger partial charge in [-0.05, 0) is 6.08 Å². The maximum atomic E-state index is 9.12. The molecule has 0 aromatic rings. The van der Waals surface area contributed by atoms with Crippen LogP contribution in [0.3, 0.4) is 0 Å². The van der Waals surface area contributed by atoms with Crippen LogP contribution in [0.15, 0.2) is 11.8 Å². The maximum absolute atomic E-state index is 9.12. The highest BCUT2D eigenvalue weighted by atomic mass is 16.7. The third-order valence-electron chi connectivity index (χ3n) is 1.67. The first kappa shape index (κ1) is 6.15. The largest absolute Gasteiger partial charge is 0.507 e. The summed E-state index contributed by atoms with van der Waals surface area (Å²) in [6.45, 7) is 0.354. The second kappa shape index (κ2) is 1.95. The molecule has 0 radical (unpaired) electrons. The van der Waals surface area contributed by atoms with Crippen molar-refractivity contribution in [2.24, 2.45) is 0 Å². The Morgan fingerprint density at radius 1 is 1.60 bits per heavy atom. The number of rotatable bonds is 0. The fraction of sp³-hybridized carbons (Fsp3) is 0.667. The lowest BCUT2D eigenvalue weighted by Gasteiger charge is -2.19. The topological polar surface area (TPSA) is 58.9 Å². The van der Waals surface area contributed by atoms with Crippen molar-refractivity contribution in [1.82, 2.24) is 0 Å². The molecule has 0 aromatic carbocycles. The molecule has 0 unspecified atom stereocenters. The van der Waals surface area contributed by atoms with Crippen molar-refractivity contribution < 1.29 is 19.7 Å². The number of hydrogen-bond acceptors (Lipinski definition) is 4. The second-order valence-corrected chi connectivity index (χ2v) is 2.42. The van der Waals surface area contributed by atoms with Gasteiger partial charge in [0.1, 0.15) is 18.0 Å². The molecule has 1 saturated heterocycles. The van der Waals surface area contributed by atoms with E-state index in [0.717, 1.165) is 0 Å². The van der Waals surface area contributed by atoms with Crippen LogP contribution < -0.4 is 0 Å². The summed E-state index contributed by atoms with van der Waals surface area (Å²) in [6, 6.07) is 0. The highest BCUT2D eigenvalue weighted by Crippen LogP contribution is 2.25. The number of hydrogen-bond donors (Lipinski definition) is 2. The SMILES string of the molecule is OC1=C[C@H](O)[C@H]2CO[C@@H]1O2. The molecule has 0 saturated carbocycles. The van der Waals surface area contributed by atoms with E-state index in [-0.39, 0.29) is 11.9 Å². The summed E-state index contributed by atoms with van der Waals surface area (Å²) in [5, 5.41) is 18.1. The molecular weight excluding hydrogens is 136 g/mol. The van der Waals surface area contributed by atoms with Crippen LogP contribution in [0, 0.1) is 0 Å². The summed E-state index contributed by atoms with van der Waals surface area (Å²) in [5.41, 5.74) is 0. The van der Waals surface area contributed by atoms with Crippen molar-refractivity contribution in [3.63, 3.8) is 0 Å². The molecule has 2 aliphatic heterocycles. The highest BCUT2D eigenvalue weighted by Gasteiger charge is 2.37. The van der Waals surface area contributed by atoms with Crippen LogP contribution >= 0.6 is 0 Å². The van der Waals surface area contributed by atoms with Crippen LogP contribution in [-0.2, 0) is 9.47 Å². The molecule has 0 spiro atoms. The number of aliphatic hydroxyl groups is 2. The molecule has 2 N–H and O–H groups in total. The Hall–Kier alpha value is -0.580. The number of ether oxygens (including phenoxy) is 2. The molecule has 2 aliphatic rings. The van der Waals surface area contributed by atoms with Gasteiger partial charge in [0.05, 0.1) is 6.61 Å². The summed E-state index contributed by atoms with van der Waals surface area (Å²) in [4.78, 5) is 0. The van der Waals surface area contributed by atoms with Gasteiger partial charge in [0.25, 0.3) is 0 Å². The average molecular weight is 144 g/mol. The first-order valence-corrected chi connectivity index (χ1v) is 3.13. The van der Waals surface area contributed by atoms with E-state index < -0.39 is 12.4 Å². The number of aliphatic hydroxyl groups excluding tert-OH is 2. The monoisotopic (exact) mass is 144 g/mol. The van der Waals surface area contributed by atoms with Crippen molar-refractivity contribution in [2.75, 3.05) is 6.61 Å². The smallest absolute Gasteiger partial charge is 0.216 e. The Balaban J connectivity index is 2.25. The van der Waals surface area contributed by atoms with Crippen LogP contribution in [-0.4, -0.2) is 35.3 Å². The predicted octanol–water partition coefficient (Wildman–Crippen LogP) is -0.456. The van der Waals surface area contributed by atoms with Crippen molar-refractivity contribution in [3.8, 4) is 0 Å². The molecule has 0 amide bonds. The molecule has 56 valence electrons. The molecule has 4 heteroatoms. The van der Waals surface area contributed by atoms with Crippen molar-refractivity contribution in [3.05, 3.63) is 11.8 Å². The first-order chi connectivity index (χ1) is 4.77. The van der Waals surface area contributed by atoms with Crippen molar-refractivity contribution >= 4 is 0 Å². The third-order valence-corrected chi connectivity index (χ3v) is 1.67. The average Bonchev–Trinajstić information content (AvgIpc) is 2.28. The summed E-state index contributed by atoms with van der Waals surface area (Å²) < 4.78 is 9.99. The van der Waals surface area contributed by atoms with E-state index in [2.05, 4.69) is 0 Å². The predicted molar refractivity (Wildman–Crippen MR) is 31.3 cm³/mol. The lowest BCUT2D eigenvalue weighted by atomic mass is 10.2. The van der Waals surface area contributed by atoms with Crippen LogP contribution in [0.5, 0.6) is 0 Å². The van der Waals surface area contributed by atoms with E-state index in [0.29, 0.717) is 6.61 Å². The van der Waals surface area contributed by atoms with E-state index in [9.17, 15) is 0 Å². The lowest BCUT2D eigenvalue weighted by molar-refractivity contribution is -0.0841. The van der Waals surface area contributed by atoms with Crippen LogP contribution in [0.2, 0.25) is 0 Å². The third kappa shape index (κ3) is 0.733. The second-order valence-electron chi connectivity index (χ2n) is 2.42. The van der Waals surface area contributed by atoms with Gasteiger partial charge in [0, 0.05) is 0 Å². The zero-order valence-corrected chi connectivity index (χ0v) is 5.23. The van der Waals surface area contributed by atoms with Gasteiger partial charge in [0.15, 0.2) is 0 Å². The fourth-order valence-corrected chi connectivity index (χ4v) is 1.11. The molecule has 10 heavy (non-hydrogen) atoms. The Bertz CT molecular complexity index is 177.